The first-order valence-electron chi connectivity index (χ1n) is 6.20. The van der Waals surface area contributed by atoms with Crippen LogP contribution in [0.1, 0.15) is 29.7 Å². The summed E-state index contributed by atoms with van der Waals surface area (Å²) >= 11 is 1.37. The van der Waals surface area contributed by atoms with E-state index in [1.54, 1.807) is 19.1 Å². The van der Waals surface area contributed by atoms with Crippen molar-refractivity contribution in [3.05, 3.63) is 58.9 Å². The summed E-state index contributed by atoms with van der Waals surface area (Å²) in [4.78, 5) is 1.53. The Hall–Kier alpha value is -1.32. The molecular weight excluding hydrogens is 259 g/mol. The van der Waals surface area contributed by atoms with Crippen molar-refractivity contribution >= 4 is 11.8 Å². The molecule has 0 bridgehead atoms. The minimum atomic E-state index is -0.677. The number of rotatable bonds is 3. The van der Waals surface area contributed by atoms with E-state index in [1.165, 1.54) is 17.8 Å². The van der Waals surface area contributed by atoms with Crippen LogP contribution in [0, 0.1) is 19.7 Å². The molecule has 100 valence electrons. The van der Waals surface area contributed by atoms with Gasteiger partial charge in [-0.05, 0) is 49.6 Å². The van der Waals surface area contributed by atoms with Crippen molar-refractivity contribution in [3.8, 4) is 0 Å². The van der Waals surface area contributed by atoms with Crippen LogP contribution in [0.2, 0.25) is 0 Å². The monoisotopic (exact) mass is 276 g/mol. The molecule has 0 spiro atoms. The summed E-state index contributed by atoms with van der Waals surface area (Å²) in [7, 11) is 0. The maximum Gasteiger partial charge on any atom is 0.137 e. The van der Waals surface area contributed by atoms with Gasteiger partial charge in [-0.2, -0.15) is 0 Å². The molecule has 0 fully saturated rings. The molecule has 2 aromatic carbocycles. The van der Waals surface area contributed by atoms with Crippen LogP contribution in [-0.4, -0.2) is 5.11 Å². The molecule has 0 amide bonds. The molecular formula is C16H17FOS. The molecule has 0 aliphatic heterocycles. The smallest absolute Gasteiger partial charge is 0.137 e. The number of benzene rings is 2. The van der Waals surface area contributed by atoms with E-state index in [2.05, 4.69) is 0 Å². The summed E-state index contributed by atoms with van der Waals surface area (Å²) in [5.74, 6) is -0.288. The Bertz CT molecular complexity index is 593. The fourth-order valence-electron chi connectivity index (χ4n) is 1.89. The lowest BCUT2D eigenvalue weighted by atomic mass is 10.1. The van der Waals surface area contributed by atoms with Crippen LogP contribution in [0.5, 0.6) is 0 Å². The molecule has 0 aromatic heterocycles. The van der Waals surface area contributed by atoms with Crippen molar-refractivity contribution in [2.45, 2.75) is 36.7 Å². The number of hydrogen-bond donors (Lipinski definition) is 1. The summed E-state index contributed by atoms with van der Waals surface area (Å²) < 4.78 is 14.0. The predicted octanol–water partition coefficient (Wildman–Crippen LogP) is 4.65. The molecule has 0 saturated heterocycles. The first kappa shape index (κ1) is 14.1. The zero-order valence-electron chi connectivity index (χ0n) is 11.3. The maximum atomic E-state index is 14.0. The van der Waals surface area contributed by atoms with E-state index in [0.29, 0.717) is 10.5 Å². The van der Waals surface area contributed by atoms with E-state index >= 15 is 0 Å². The highest BCUT2D eigenvalue weighted by atomic mass is 32.2. The first-order chi connectivity index (χ1) is 8.99. The highest BCUT2D eigenvalue weighted by molar-refractivity contribution is 7.99. The molecule has 1 N–H and O–H groups in total. The minimum Gasteiger partial charge on any atom is -0.389 e. The SMILES string of the molecule is Cc1ccc(C)c(Sc2c(F)cccc2[C@@H](C)O)c1. The van der Waals surface area contributed by atoms with E-state index in [4.69, 9.17) is 0 Å². The van der Waals surface area contributed by atoms with Gasteiger partial charge in [0, 0.05) is 4.90 Å². The summed E-state index contributed by atoms with van der Waals surface area (Å²) in [6.45, 7) is 5.67. The topological polar surface area (TPSA) is 20.2 Å². The first-order valence-corrected chi connectivity index (χ1v) is 7.02. The van der Waals surface area contributed by atoms with Crippen LogP contribution in [-0.2, 0) is 0 Å². The number of halogens is 1. The summed E-state index contributed by atoms with van der Waals surface area (Å²) in [6, 6.07) is 10.9. The third-order valence-electron chi connectivity index (χ3n) is 3.00. The molecule has 0 unspecified atom stereocenters. The average Bonchev–Trinajstić information content (AvgIpc) is 2.35. The number of aryl methyl sites for hydroxylation is 2. The lowest BCUT2D eigenvalue weighted by Crippen LogP contribution is -1.97. The number of aliphatic hydroxyl groups is 1. The van der Waals surface area contributed by atoms with Gasteiger partial charge >= 0.3 is 0 Å². The zero-order valence-corrected chi connectivity index (χ0v) is 12.1. The van der Waals surface area contributed by atoms with E-state index < -0.39 is 6.10 Å². The Morgan fingerprint density at radius 2 is 1.89 bits per heavy atom. The van der Waals surface area contributed by atoms with Crippen molar-refractivity contribution in [2.24, 2.45) is 0 Å². The Kier molecular flexibility index (Phi) is 4.27. The van der Waals surface area contributed by atoms with E-state index in [0.717, 1.165) is 16.0 Å². The normalized spacial score (nSPS) is 12.5. The molecule has 2 aromatic rings. The number of hydrogen-bond acceptors (Lipinski definition) is 2. The van der Waals surface area contributed by atoms with Gasteiger partial charge in [-0.3, -0.25) is 0 Å². The molecule has 0 saturated carbocycles. The van der Waals surface area contributed by atoms with Crippen LogP contribution >= 0.6 is 11.8 Å². The molecule has 0 heterocycles. The van der Waals surface area contributed by atoms with Crippen molar-refractivity contribution in [3.63, 3.8) is 0 Å². The van der Waals surface area contributed by atoms with E-state index in [9.17, 15) is 9.50 Å². The highest BCUT2D eigenvalue weighted by Crippen LogP contribution is 2.37. The van der Waals surface area contributed by atoms with Gasteiger partial charge in [0.2, 0.25) is 0 Å². The van der Waals surface area contributed by atoms with Crippen molar-refractivity contribution in [2.75, 3.05) is 0 Å². The largest absolute Gasteiger partial charge is 0.389 e. The van der Waals surface area contributed by atoms with Gasteiger partial charge < -0.3 is 5.11 Å². The van der Waals surface area contributed by atoms with Crippen LogP contribution in [0.4, 0.5) is 4.39 Å². The third-order valence-corrected chi connectivity index (χ3v) is 4.30. The van der Waals surface area contributed by atoms with Gasteiger partial charge in [0.25, 0.3) is 0 Å². The van der Waals surface area contributed by atoms with Crippen LogP contribution < -0.4 is 0 Å². The Morgan fingerprint density at radius 1 is 1.16 bits per heavy atom. The molecule has 2 rings (SSSR count). The van der Waals surface area contributed by atoms with Crippen molar-refractivity contribution < 1.29 is 9.50 Å². The summed E-state index contributed by atoms with van der Waals surface area (Å²) in [6.07, 6.45) is -0.677. The Balaban J connectivity index is 2.46. The zero-order chi connectivity index (χ0) is 14.0. The number of aliphatic hydroxyl groups excluding tert-OH is 1. The second-order valence-electron chi connectivity index (χ2n) is 4.71. The van der Waals surface area contributed by atoms with Gasteiger partial charge in [0.1, 0.15) is 5.82 Å². The van der Waals surface area contributed by atoms with Gasteiger partial charge in [0.05, 0.1) is 11.0 Å². The fraction of sp³-hybridized carbons (Fsp3) is 0.250. The summed E-state index contributed by atoms with van der Waals surface area (Å²) in [5.41, 5.74) is 2.88. The molecule has 0 aliphatic carbocycles. The van der Waals surface area contributed by atoms with Gasteiger partial charge in [-0.25, -0.2) is 4.39 Å². The van der Waals surface area contributed by atoms with Gasteiger partial charge in [-0.15, -0.1) is 0 Å². The Morgan fingerprint density at radius 3 is 2.58 bits per heavy atom. The Labute approximate surface area is 117 Å². The molecule has 0 aliphatic rings. The molecule has 19 heavy (non-hydrogen) atoms. The minimum absolute atomic E-state index is 0.288. The van der Waals surface area contributed by atoms with Crippen molar-refractivity contribution in [1.82, 2.24) is 0 Å². The fourth-order valence-corrected chi connectivity index (χ4v) is 3.11. The van der Waals surface area contributed by atoms with Crippen LogP contribution in [0.25, 0.3) is 0 Å². The van der Waals surface area contributed by atoms with E-state index in [1.807, 2.05) is 32.0 Å². The maximum absolute atomic E-state index is 14.0. The highest BCUT2D eigenvalue weighted by Gasteiger charge is 2.14. The second-order valence-corrected chi connectivity index (χ2v) is 5.76. The summed E-state index contributed by atoms with van der Waals surface area (Å²) in [5, 5.41) is 9.75. The standard InChI is InChI=1S/C16H17FOS/c1-10-7-8-11(2)15(9-10)19-16-13(12(3)18)5-4-6-14(16)17/h4-9,12,18H,1-3H3/t12-/m1/s1. The molecule has 1 atom stereocenters. The van der Waals surface area contributed by atoms with Gasteiger partial charge in [0.15, 0.2) is 0 Å². The van der Waals surface area contributed by atoms with E-state index in [-0.39, 0.29) is 5.82 Å². The van der Waals surface area contributed by atoms with Crippen molar-refractivity contribution in [1.29, 1.82) is 0 Å². The predicted molar refractivity (Wildman–Crippen MR) is 77.1 cm³/mol. The molecule has 0 radical (unpaired) electrons. The van der Waals surface area contributed by atoms with Crippen LogP contribution in [0.15, 0.2) is 46.2 Å². The van der Waals surface area contributed by atoms with Crippen LogP contribution in [0.3, 0.4) is 0 Å². The quantitative estimate of drug-likeness (QED) is 0.880. The third kappa shape index (κ3) is 3.17. The van der Waals surface area contributed by atoms with Gasteiger partial charge in [-0.1, -0.05) is 36.0 Å². The second kappa shape index (κ2) is 5.76. The lowest BCUT2D eigenvalue weighted by molar-refractivity contribution is 0.195. The molecule has 1 nitrogen and oxygen atoms in total. The lowest BCUT2D eigenvalue weighted by Gasteiger charge is -2.14. The average molecular weight is 276 g/mol. The molecule has 3 heteroatoms.